The Morgan fingerprint density at radius 3 is 1.80 bits per heavy atom. The van der Waals surface area contributed by atoms with Gasteiger partial charge in [0.05, 0.1) is 0 Å². The van der Waals surface area contributed by atoms with E-state index in [9.17, 15) is 0 Å². The Bertz CT molecular complexity index is 2420. The van der Waals surface area contributed by atoms with Crippen molar-refractivity contribution in [2.45, 2.75) is 38.5 Å². The van der Waals surface area contributed by atoms with E-state index in [-0.39, 0.29) is 0 Å². The fourth-order valence-electron chi connectivity index (χ4n) is 7.30. The zero-order valence-electron chi connectivity index (χ0n) is 27.3. The summed E-state index contributed by atoms with van der Waals surface area (Å²) in [6.07, 6.45) is 23.7. The predicted molar refractivity (Wildman–Crippen MR) is 202 cm³/mol. The lowest BCUT2D eigenvalue weighted by molar-refractivity contribution is 0.669. The number of benzene rings is 4. The number of furan rings is 1. The van der Waals surface area contributed by atoms with Crippen LogP contribution in [-0.4, -0.2) is 15.0 Å². The number of hydrogen-bond donors (Lipinski definition) is 0. The van der Waals surface area contributed by atoms with E-state index in [1.165, 1.54) is 27.8 Å². The molecule has 2 heterocycles. The van der Waals surface area contributed by atoms with Crippen LogP contribution in [-0.2, 0) is 0 Å². The number of para-hydroxylation sites is 1. The van der Waals surface area contributed by atoms with Crippen molar-refractivity contribution in [2.75, 3.05) is 0 Å². The highest BCUT2D eigenvalue weighted by molar-refractivity contribution is 6.14. The molecule has 4 aromatic carbocycles. The first-order chi connectivity index (χ1) is 24.3. The second kappa shape index (κ2) is 12.6. The molecule has 6 aromatic rings. The molecular weight excluding hydrogens is 599 g/mol. The first-order valence-electron chi connectivity index (χ1n) is 17.3. The lowest BCUT2D eigenvalue weighted by Crippen LogP contribution is -2.06. The average molecular weight is 634 g/mol. The molecule has 0 atom stereocenters. The van der Waals surface area contributed by atoms with Crippen molar-refractivity contribution in [3.05, 3.63) is 162 Å². The summed E-state index contributed by atoms with van der Waals surface area (Å²) in [6, 6.07) is 31.8. The van der Waals surface area contributed by atoms with Gasteiger partial charge in [0.25, 0.3) is 0 Å². The van der Waals surface area contributed by atoms with Gasteiger partial charge >= 0.3 is 0 Å². The van der Waals surface area contributed by atoms with Gasteiger partial charge < -0.3 is 4.42 Å². The van der Waals surface area contributed by atoms with Crippen LogP contribution in [0.3, 0.4) is 0 Å². The van der Waals surface area contributed by atoms with Gasteiger partial charge in [-0.1, -0.05) is 127 Å². The molecule has 4 heteroatoms. The monoisotopic (exact) mass is 633 g/mol. The van der Waals surface area contributed by atoms with Crippen LogP contribution in [0.5, 0.6) is 0 Å². The molecule has 0 saturated heterocycles. The molecule has 9 rings (SSSR count). The molecule has 4 nitrogen and oxygen atoms in total. The molecule has 236 valence electrons. The van der Waals surface area contributed by atoms with Crippen LogP contribution < -0.4 is 0 Å². The van der Waals surface area contributed by atoms with Gasteiger partial charge in [0, 0.05) is 21.9 Å². The number of rotatable bonds is 6. The Labute approximate surface area is 286 Å². The smallest absolute Gasteiger partial charge is 0.165 e. The quantitative estimate of drug-likeness (QED) is 0.183. The molecule has 49 heavy (non-hydrogen) atoms. The molecule has 0 radical (unpaired) electrons. The van der Waals surface area contributed by atoms with E-state index >= 15 is 0 Å². The third-order valence-electron chi connectivity index (χ3n) is 9.87. The van der Waals surface area contributed by atoms with E-state index in [1.807, 2.05) is 30.3 Å². The lowest BCUT2D eigenvalue weighted by Gasteiger charge is -2.18. The van der Waals surface area contributed by atoms with Crippen LogP contribution in [0.1, 0.15) is 61.0 Å². The summed E-state index contributed by atoms with van der Waals surface area (Å²) >= 11 is 0. The zero-order chi connectivity index (χ0) is 32.6. The van der Waals surface area contributed by atoms with Crippen molar-refractivity contribution >= 4 is 44.2 Å². The zero-order valence-corrected chi connectivity index (χ0v) is 27.3. The summed E-state index contributed by atoms with van der Waals surface area (Å²) in [5.74, 6) is 2.07. The molecule has 0 N–H and O–H groups in total. The Morgan fingerprint density at radius 1 is 0.449 bits per heavy atom. The maximum absolute atomic E-state index is 6.38. The largest absolute Gasteiger partial charge is 0.456 e. The van der Waals surface area contributed by atoms with Gasteiger partial charge in [-0.25, -0.2) is 15.0 Å². The van der Waals surface area contributed by atoms with Crippen molar-refractivity contribution < 1.29 is 4.42 Å². The van der Waals surface area contributed by atoms with E-state index < -0.39 is 0 Å². The number of allylic oxidation sites excluding steroid dienone is 12. The fourth-order valence-corrected chi connectivity index (χ4v) is 7.30. The predicted octanol–water partition coefficient (Wildman–Crippen LogP) is 11.8. The number of fused-ring (bicyclic) bond motifs is 3. The van der Waals surface area contributed by atoms with Crippen LogP contribution >= 0.6 is 0 Å². The summed E-state index contributed by atoms with van der Waals surface area (Å²) in [7, 11) is 0. The topological polar surface area (TPSA) is 51.8 Å². The third kappa shape index (κ3) is 5.59. The van der Waals surface area contributed by atoms with Gasteiger partial charge in [-0.05, 0) is 89.6 Å². The normalized spacial score (nSPS) is 16.0. The maximum atomic E-state index is 6.38. The van der Waals surface area contributed by atoms with Gasteiger partial charge in [-0.2, -0.15) is 0 Å². The van der Waals surface area contributed by atoms with E-state index in [1.54, 1.807) is 0 Å². The highest BCUT2D eigenvalue weighted by Crippen LogP contribution is 2.42. The van der Waals surface area contributed by atoms with Gasteiger partial charge in [0.1, 0.15) is 11.2 Å². The molecule has 3 aliphatic rings. The van der Waals surface area contributed by atoms with Crippen LogP contribution in [0.15, 0.2) is 144 Å². The lowest BCUT2D eigenvalue weighted by atomic mass is 9.90. The SMILES string of the molecule is C1=CCCC(c2ccc(C3=CC=C(c4nc(-c5ccccc5)nc(-c5c(C6=CC=CCC6)ccc6oc7ccccc7c56)n4)CC3)cc2)=C1. The molecule has 2 aromatic heterocycles. The molecule has 0 fully saturated rings. The second-order valence-electron chi connectivity index (χ2n) is 12.9. The fraction of sp³-hybridized carbons (Fsp3) is 0.133. The summed E-state index contributed by atoms with van der Waals surface area (Å²) in [4.78, 5) is 15.6. The Balaban J connectivity index is 1.18. The van der Waals surface area contributed by atoms with Crippen molar-refractivity contribution in [2.24, 2.45) is 0 Å². The van der Waals surface area contributed by atoms with E-state index in [2.05, 4.69) is 109 Å². The van der Waals surface area contributed by atoms with Gasteiger partial charge in [0.2, 0.25) is 0 Å². The molecule has 0 unspecified atom stereocenters. The minimum absolute atomic E-state index is 0.671. The molecule has 0 amide bonds. The molecule has 0 bridgehead atoms. The number of aromatic nitrogens is 3. The Hall–Kier alpha value is -5.87. The third-order valence-corrected chi connectivity index (χ3v) is 9.87. The minimum Gasteiger partial charge on any atom is -0.456 e. The van der Waals surface area contributed by atoms with Crippen LogP contribution in [0, 0.1) is 0 Å². The van der Waals surface area contributed by atoms with E-state index in [0.717, 1.165) is 88.6 Å². The maximum Gasteiger partial charge on any atom is 0.165 e. The highest BCUT2D eigenvalue weighted by Gasteiger charge is 2.23. The van der Waals surface area contributed by atoms with Crippen molar-refractivity contribution in [3.8, 4) is 22.8 Å². The summed E-state index contributed by atoms with van der Waals surface area (Å²) in [5.41, 5.74) is 12.5. The van der Waals surface area contributed by atoms with Gasteiger partial charge in [-0.3, -0.25) is 0 Å². The standard InChI is InChI=1S/C45H35N3O/c1-4-12-30(13-5-1)31-20-22-32(23-21-31)33-24-26-36(27-25-33)44-46-43(35-16-8-3-9-17-35)47-45(48-44)42-37(34-14-6-2-7-15-34)28-29-40-41(42)38-18-10-11-19-39(38)49-40/h1-4,6,8-12,14,16-24,26,28-29H,5,7,13,15,25,27H2. The summed E-state index contributed by atoms with van der Waals surface area (Å²) in [6.45, 7) is 0. The van der Waals surface area contributed by atoms with E-state index in [0.29, 0.717) is 11.6 Å². The molecular formula is C45H35N3O. The van der Waals surface area contributed by atoms with Crippen LogP contribution in [0.2, 0.25) is 0 Å². The summed E-state index contributed by atoms with van der Waals surface area (Å²) in [5, 5.41) is 2.11. The van der Waals surface area contributed by atoms with Crippen molar-refractivity contribution in [3.63, 3.8) is 0 Å². The average Bonchev–Trinajstić information content (AvgIpc) is 3.57. The minimum atomic E-state index is 0.671. The van der Waals surface area contributed by atoms with Crippen molar-refractivity contribution in [1.29, 1.82) is 0 Å². The summed E-state index contributed by atoms with van der Waals surface area (Å²) < 4.78 is 6.38. The molecule has 0 spiro atoms. The Kier molecular flexibility index (Phi) is 7.55. The Morgan fingerprint density at radius 2 is 1.08 bits per heavy atom. The molecule has 3 aliphatic carbocycles. The van der Waals surface area contributed by atoms with Crippen LogP contribution in [0.4, 0.5) is 0 Å². The van der Waals surface area contributed by atoms with Crippen LogP contribution in [0.25, 0.3) is 67.0 Å². The van der Waals surface area contributed by atoms with Crippen molar-refractivity contribution in [1.82, 2.24) is 15.0 Å². The van der Waals surface area contributed by atoms with E-state index in [4.69, 9.17) is 19.4 Å². The van der Waals surface area contributed by atoms with Gasteiger partial charge in [-0.15, -0.1) is 0 Å². The first-order valence-corrected chi connectivity index (χ1v) is 17.3. The molecule has 0 saturated carbocycles. The first kappa shape index (κ1) is 29.3. The number of nitrogens with zero attached hydrogens (tertiary/aromatic N) is 3. The highest BCUT2D eigenvalue weighted by atomic mass is 16.3. The number of hydrogen-bond acceptors (Lipinski definition) is 4. The second-order valence-corrected chi connectivity index (χ2v) is 12.9. The molecule has 0 aliphatic heterocycles. The van der Waals surface area contributed by atoms with Gasteiger partial charge in [0.15, 0.2) is 17.5 Å².